The molecule has 0 unspecified atom stereocenters. The Morgan fingerprint density at radius 1 is 1.50 bits per heavy atom. The lowest BCUT2D eigenvalue weighted by Crippen LogP contribution is -1.95. The molecule has 0 heterocycles. The Morgan fingerprint density at radius 3 is 2.60 bits per heavy atom. The summed E-state index contributed by atoms with van der Waals surface area (Å²) < 4.78 is 1.04. The Hall–Kier alpha value is -0.370. The van der Waals surface area contributed by atoms with Gasteiger partial charge in [-0.1, -0.05) is 22.0 Å². The lowest BCUT2D eigenvalue weighted by Gasteiger charge is -1.92. The zero-order valence-electron chi connectivity index (χ0n) is 5.12. The lowest BCUT2D eigenvalue weighted by molar-refractivity contribution is -0.00538. The molecule has 1 aliphatic carbocycles. The highest BCUT2D eigenvalue weighted by molar-refractivity contribution is 9.11. The van der Waals surface area contributed by atoms with Crippen molar-refractivity contribution < 1.29 is 4.79 Å². The van der Waals surface area contributed by atoms with E-state index in [1.807, 2.05) is 12.2 Å². The molecule has 0 fully saturated rings. The highest BCUT2D eigenvalue weighted by atomic mass is 79.9. The van der Waals surface area contributed by atoms with Gasteiger partial charge in [0.15, 0.2) is 0 Å². The molecular formula is C6H6BrClN2. The van der Waals surface area contributed by atoms with Crippen molar-refractivity contribution in [1.29, 1.82) is 0 Å². The minimum atomic E-state index is 0. The molecule has 4 heteroatoms. The minimum absolute atomic E-state index is 0. The van der Waals surface area contributed by atoms with Crippen LogP contribution in [-0.2, 0) is 0 Å². The van der Waals surface area contributed by atoms with E-state index in [1.54, 1.807) is 6.08 Å². The number of hydrogen-bond acceptors (Lipinski definition) is 0. The van der Waals surface area contributed by atoms with E-state index in [2.05, 4.69) is 20.7 Å². The second kappa shape index (κ2) is 4.45. The Balaban J connectivity index is 0.000000810. The number of hydrogen-bond donors (Lipinski definition) is 0. The Kier molecular flexibility index (Phi) is 4.28. The molecule has 0 aromatic heterocycles. The third kappa shape index (κ3) is 2.48. The molecule has 54 valence electrons. The lowest BCUT2D eigenvalue weighted by atomic mass is 10.2. The van der Waals surface area contributed by atoms with Gasteiger partial charge in [-0.15, -0.1) is 12.4 Å². The Labute approximate surface area is 73.8 Å². The zero-order chi connectivity index (χ0) is 6.69. The standard InChI is InChI=1S/C6H5BrN2.ClH/c7-5-1-3-6(9-8)4-2-5;/h1-3H,4H2;1H. The molecule has 0 aliphatic heterocycles. The average Bonchev–Trinajstić information content (AvgIpc) is 1.90. The number of allylic oxidation sites excluding steroid dienone is 4. The molecule has 0 aromatic carbocycles. The molecule has 0 saturated heterocycles. The minimum Gasteiger partial charge on any atom is -0.361 e. The van der Waals surface area contributed by atoms with Gasteiger partial charge in [0, 0.05) is 10.6 Å². The van der Waals surface area contributed by atoms with Crippen LogP contribution in [0, 0.1) is 0 Å². The van der Waals surface area contributed by atoms with E-state index in [1.165, 1.54) is 0 Å². The molecule has 2 nitrogen and oxygen atoms in total. The van der Waals surface area contributed by atoms with E-state index in [-0.39, 0.29) is 12.4 Å². The van der Waals surface area contributed by atoms with Gasteiger partial charge in [0.2, 0.25) is 0 Å². The van der Waals surface area contributed by atoms with Gasteiger partial charge >= 0.3 is 0 Å². The molecule has 0 N–H and O–H groups in total. The van der Waals surface area contributed by atoms with Gasteiger partial charge in [0.1, 0.15) is 0 Å². The fraction of sp³-hybridized carbons (Fsp3) is 0.167. The normalized spacial score (nSPS) is 15.3. The van der Waals surface area contributed by atoms with Crippen molar-refractivity contribution in [3.63, 3.8) is 0 Å². The van der Waals surface area contributed by atoms with Crippen molar-refractivity contribution in [3.8, 4) is 0 Å². The molecule has 1 aliphatic rings. The van der Waals surface area contributed by atoms with E-state index in [4.69, 9.17) is 5.53 Å². The fourth-order valence-electron chi connectivity index (χ4n) is 0.588. The first-order valence-electron chi connectivity index (χ1n) is 2.57. The van der Waals surface area contributed by atoms with E-state index < -0.39 is 0 Å². The third-order valence-corrected chi connectivity index (χ3v) is 1.66. The van der Waals surface area contributed by atoms with Crippen LogP contribution in [0.5, 0.6) is 0 Å². The third-order valence-electron chi connectivity index (χ3n) is 1.07. The highest BCUT2D eigenvalue weighted by Gasteiger charge is 2.04. The van der Waals surface area contributed by atoms with Gasteiger partial charge in [-0.3, -0.25) is 0 Å². The van der Waals surface area contributed by atoms with Crippen molar-refractivity contribution >= 4 is 34.0 Å². The van der Waals surface area contributed by atoms with Crippen molar-refractivity contribution in [2.45, 2.75) is 6.42 Å². The van der Waals surface area contributed by atoms with Gasteiger partial charge in [0.05, 0.1) is 6.42 Å². The van der Waals surface area contributed by atoms with E-state index >= 15 is 0 Å². The highest BCUT2D eigenvalue weighted by Crippen LogP contribution is 2.12. The molecule has 0 bridgehead atoms. The average molecular weight is 221 g/mol. The van der Waals surface area contributed by atoms with Crippen molar-refractivity contribution in [1.82, 2.24) is 0 Å². The molecule has 0 spiro atoms. The van der Waals surface area contributed by atoms with Crippen LogP contribution in [0.3, 0.4) is 0 Å². The fourth-order valence-corrected chi connectivity index (χ4v) is 0.882. The molecule has 1 rings (SSSR count). The summed E-state index contributed by atoms with van der Waals surface area (Å²) in [5.41, 5.74) is 8.96. The second-order valence-corrected chi connectivity index (χ2v) is 2.63. The first-order valence-corrected chi connectivity index (χ1v) is 3.37. The van der Waals surface area contributed by atoms with Crippen LogP contribution in [0.4, 0.5) is 0 Å². The summed E-state index contributed by atoms with van der Waals surface area (Å²) in [6, 6.07) is 0. The summed E-state index contributed by atoms with van der Waals surface area (Å²) in [4.78, 5) is 3.05. The van der Waals surface area contributed by atoms with Crippen LogP contribution < -0.4 is 0 Å². The largest absolute Gasteiger partial charge is 0.361 e. The molecule has 0 atom stereocenters. The Morgan fingerprint density at radius 2 is 2.20 bits per heavy atom. The van der Waals surface area contributed by atoms with Gasteiger partial charge in [-0.2, -0.15) is 4.79 Å². The monoisotopic (exact) mass is 220 g/mol. The van der Waals surface area contributed by atoms with Crippen LogP contribution >= 0.6 is 28.3 Å². The molecule has 10 heavy (non-hydrogen) atoms. The first kappa shape index (κ1) is 9.63. The maximum absolute atomic E-state index is 8.27. The zero-order valence-corrected chi connectivity index (χ0v) is 7.52. The summed E-state index contributed by atoms with van der Waals surface area (Å²) >= 11 is 3.28. The number of nitrogens with zero attached hydrogens (tertiary/aromatic N) is 2. The predicted molar refractivity (Wildman–Crippen MR) is 46.6 cm³/mol. The SMILES string of the molecule is Cl.[N-]=[N+]=C1C=CC(Br)=CC1. The van der Waals surface area contributed by atoms with Crippen molar-refractivity contribution in [2.75, 3.05) is 0 Å². The summed E-state index contributed by atoms with van der Waals surface area (Å²) in [6.45, 7) is 0. The predicted octanol–water partition coefficient (Wildman–Crippen LogP) is 2.32. The van der Waals surface area contributed by atoms with Crippen LogP contribution in [0.15, 0.2) is 22.7 Å². The van der Waals surface area contributed by atoms with Gasteiger partial charge < -0.3 is 5.53 Å². The van der Waals surface area contributed by atoms with Crippen molar-refractivity contribution in [2.24, 2.45) is 0 Å². The molecule has 0 amide bonds. The van der Waals surface area contributed by atoms with Crippen LogP contribution in [0.1, 0.15) is 6.42 Å². The molecule has 0 aromatic rings. The molecule has 0 saturated carbocycles. The van der Waals surface area contributed by atoms with Crippen LogP contribution in [0.25, 0.3) is 5.53 Å². The van der Waals surface area contributed by atoms with Crippen LogP contribution in [-0.4, -0.2) is 10.5 Å². The summed E-state index contributed by atoms with van der Waals surface area (Å²) in [6.07, 6.45) is 6.26. The smallest absolute Gasteiger partial charge is 0.295 e. The Bertz CT molecular complexity index is 226. The summed E-state index contributed by atoms with van der Waals surface area (Å²) in [7, 11) is 0. The van der Waals surface area contributed by atoms with Crippen LogP contribution in [0.2, 0.25) is 0 Å². The maximum Gasteiger partial charge on any atom is 0.295 e. The quantitative estimate of drug-likeness (QED) is 0.445. The molecular weight excluding hydrogens is 215 g/mol. The first-order chi connectivity index (χ1) is 4.33. The summed E-state index contributed by atoms with van der Waals surface area (Å²) in [5.74, 6) is 0. The van der Waals surface area contributed by atoms with E-state index in [0.717, 1.165) is 4.48 Å². The maximum atomic E-state index is 8.27. The van der Waals surface area contributed by atoms with E-state index in [0.29, 0.717) is 12.1 Å². The second-order valence-electron chi connectivity index (χ2n) is 1.72. The number of halogens is 2. The van der Waals surface area contributed by atoms with Crippen molar-refractivity contribution in [3.05, 3.63) is 28.2 Å². The molecule has 0 radical (unpaired) electrons. The van der Waals surface area contributed by atoms with E-state index in [9.17, 15) is 0 Å². The number of rotatable bonds is 0. The van der Waals surface area contributed by atoms with Gasteiger partial charge in [-0.25, -0.2) is 0 Å². The van der Waals surface area contributed by atoms with Gasteiger partial charge in [0.25, 0.3) is 5.71 Å². The van der Waals surface area contributed by atoms with Gasteiger partial charge in [-0.05, 0) is 6.08 Å². The topological polar surface area (TPSA) is 36.4 Å². The summed E-state index contributed by atoms with van der Waals surface area (Å²) in [5, 5.41) is 0.